The molecule has 6 nitrogen and oxygen atoms in total. The van der Waals surface area contributed by atoms with Gasteiger partial charge in [0, 0.05) is 30.9 Å². The molecule has 0 spiro atoms. The van der Waals surface area contributed by atoms with E-state index in [1.165, 1.54) is 6.26 Å². The zero-order valence-electron chi connectivity index (χ0n) is 13.2. The van der Waals surface area contributed by atoms with Gasteiger partial charge in [0.25, 0.3) is 0 Å². The van der Waals surface area contributed by atoms with E-state index in [2.05, 4.69) is 15.0 Å². The zero-order valence-corrected chi connectivity index (χ0v) is 14.1. The van der Waals surface area contributed by atoms with Gasteiger partial charge in [-0.3, -0.25) is 9.78 Å². The first-order valence-corrected chi connectivity index (χ1v) is 9.98. The van der Waals surface area contributed by atoms with E-state index < -0.39 is 10.0 Å². The molecule has 0 aromatic carbocycles. The van der Waals surface area contributed by atoms with E-state index in [0.717, 1.165) is 31.2 Å². The Balaban J connectivity index is 1.48. The highest BCUT2D eigenvalue weighted by atomic mass is 32.2. The van der Waals surface area contributed by atoms with Gasteiger partial charge in [0.1, 0.15) is 0 Å². The normalized spacial score (nSPS) is 30.1. The van der Waals surface area contributed by atoms with Crippen molar-refractivity contribution < 1.29 is 13.2 Å². The number of rotatable bonds is 6. The fourth-order valence-electron chi connectivity index (χ4n) is 3.52. The number of sulfonamides is 1. The third-order valence-corrected chi connectivity index (χ3v) is 5.53. The van der Waals surface area contributed by atoms with Gasteiger partial charge in [0.2, 0.25) is 15.9 Å². The van der Waals surface area contributed by atoms with Crippen molar-refractivity contribution in [2.75, 3.05) is 12.8 Å². The Morgan fingerprint density at radius 3 is 2.91 bits per heavy atom. The number of nitrogens with zero attached hydrogens (tertiary/aromatic N) is 1. The van der Waals surface area contributed by atoms with Gasteiger partial charge in [-0.25, -0.2) is 13.1 Å². The molecule has 2 aliphatic carbocycles. The van der Waals surface area contributed by atoms with Crippen LogP contribution in [0.3, 0.4) is 0 Å². The number of carbonyl (C=O) groups is 1. The number of pyridine rings is 1. The number of carbonyl (C=O) groups excluding carboxylic acids is 1. The summed E-state index contributed by atoms with van der Waals surface area (Å²) in [5.74, 6) is 0.562. The van der Waals surface area contributed by atoms with Crippen LogP contribution >= 0.6 is 0 Å². The Labute approximate surface area is 137 Å². The second-order valence-corrected chi connectivity index (χ2v) is 8.45. The van der Waals surface area contributed by atoms with E-state index >= 15 is 0 Å². The predicted molar refractivity (Wildman–Crippen MR) is 87.2 cm³/mol. The lowest BCUT2D eigenvalue weighted by atomic mass is 10.0. The summed E-state index contributed by atoms with van der Waals surface area (Å²) in [6.07, 6.45) is 8.39. The lowest BCUT2D eigenvalue weighted by Crippen LogP contribution is -2.41. The molecule has 2 saturated carbocycles. The van der Waals surface area contributed by atoms with E-state index in [-0.39, 0.29) is 29.7 Å². The predicted octanol–water partition coefficient (Wildman–Crippen LogP) is 1.02. The van der Waals surface area contributed by atoms with Gasteiger partial charge in [-0.05, 0) is 42.7 Å². The smallest absolute Gasteiger partial charge is 0.223 e. The molecule has 0 aliphatic heterocycles. The van der Waals surface area contributed by atoms with Crippen molar-refractivity contribution in [3.8, 4) is 0 Å². The van der Waals surface area contributed by atoms with Crippen LogP contribution in [0.25, 0.3) is 0 Å². The molecular weight excluding hydrogens is 314 g/mol. The molecule has 23 heavy (non-hydrogen) atoms. The fraction of sp³-hybridized carbons (Fsp3) is 0.625. The van der Waals surface area contributed by atoms with E-state index in [9.17, 15) is 13.2 Å². The van der Waals surface area contributed by atoms with Gasteiger partial charge in [-0.1, -0.05) is 12.5 Å². The Kier molecular flexibility index (Phi) is 4.68. The third-order valence-electron chi connectivity index (χ3n) is 4.80. The molecule has 0 unspecified atom stereocenters. The van der Waals surface area contributed by atoms with E-state index in [1.54, 1.807) is 6.20 Å². The first-order chi connectivity index (χ1) is 10.9. The SMILES string of the molecule is CS(=O)(=O)N[C@H]1CCC[C@@H]1CNC(=O)[C@@H]1C[C@H]1c1cccnc1. The quantitative estimate of drug-likeness (QED) is 0.811. The molecule has 1 aromatic heterocycles. The van der Waals surface area contributed by atoms with Gasteiger partial charge in [-0.2, -0.15) is 0 Å². The average Bonchev–Trinajstić information content (AvgIpc) is 3.20. The number of hydrogen-bond acceptors (Lipinski definition) is 4. The molecule has 2 N–H and O–H groups in total. The molecule has 4 atom stereocenters. The Morgan fingerprint density at radius 2 is 2.22 bits per heavy atom. The fourth-order valence-corrected chi connectivity index (χ4v) is 4.38. The van der Waals surface area contributed by atoms with Crippen LogP contribution in [-0.2, 0) is 14.8 Å². The van der Waals surface area contributed by atoms with Crippen molar-refractivity contribution in [1.82, 2.24) is 15.0 Å². The molecule has 2 aliphatic rings. The van der Waals surface area contributed by atoms with Crippen molar-refractivity contribution in [3.63, 3.8) is 0 Å². The molecule has 0 radical (unpaired) electrons. The third kappa shape index (κ3) is 4.29. The second kappa shape index (κ2) is 6.57. The summed E-state index contributed by atoms with van der Waals surface area (Å²) in [5.41, 5.74) is 1.12. The number of aromatic nitrogens is 1. The van der Waals surface area contributed by atoms with Crippen molar-refractivity contribution in [2.45, 2.75) is 37.6 Å². The summed E-state index contributed by atoms with van der Waals surface area (Å²) in [6.45, 7) is 0.544. The maximum atomic E-state index is 12.3. The van der Waals surface area contributed by atoms with Gasteiger partial charge >= 0.3 is 0 Å². The van der Waals surface area contributed by atoms with Crippen molar-refractivity contribution in [3.05, 3.63) is 30.1 Å². The van der Waals surface area contributed by atoms with E-state index in [1.807, 2.05) is 18.3 Å². The van der Waals surface area contributed by atoms with Gasteiger partial charge in [0.15, 0.2) is 0 Å². The highest BCUT2D eigenvalue weighted by Crippen LogP contribution is 2.47. The Hall–Kier alpha value is -1.47. The van der Waals surface area contributed by atoms with Gasteiger partial charge in [0.05, 0.1) is 6.26 Å². The molecule has 0 bridgehead atoms. The molecular formula is C16H23N3O3S. The second-order valence-electron chi connectivity index (χ2n) is 6.67. The van der Waals surface area contributed by atoms with Crippen LogP contribution in [0.1, 0.15) is 37.2 Å². The number of nitrogens with one attached hydrogen (secondary N) is 2. The average molecular weight is 337 g/mol. The topological polar surface area (TPSA) is 88.2 Å². The molecule has 1 heterocycles. The van der Waals surface area contributed by atoms with Crippen LogP contribution in [0.5, 0.6) is 0 Å². The highest BCUT2D eigenvalue weighted by molar-refractivity contribution is 7.88. The summed E-state index contributed by atoms with van der Waals surface area (Å²) >= 11 is 0. The van der Waals surface area contributed by atoms with Gasteiger partial charge < -0.3 is 5.32 Å². The van der Waals surface area contributed by atoms with E-state index in [0.29, 0.717) is 6.54 Å². The lowest BCUT2D eigenvalue weighted by Gasteiger charge is -2.20. The van der Waals surface area contributed by atoms with Crippen molar-refractivity contribution >= 4 is 15.9 Å². The maximum Gasteiger partial charge on any atom is 0.223 e. The Bertz CT molecular complexity index is 662. The number of amides is 1. The summed E-state index contributed by atoms with van der Waals surface area (Å²) in [6, 6.07) is 3.84. The summed E-state index contributed by atoms with van der Waals surface area (Å²) < 4.78 is 25.5. The minimum atomic E-state index is -3.20. The minimum Gasteiger partial charge on any atom is -0.356 e. The van der Waals surface area contributed by atoms with Crippen LogP contribution in [-0.4, -0.2) is 38.2 Å². The lowest BCUT2D eigenvalue weighted by molar-refractivity contribution is -0.122. The first-order valence-electron chi connectivity index (χ1n) is 8.09. The molecule has 1 aromatic rings. The molecule has 1 amide bonds. The molecule has 0 saturated heterocycles. The zero-order chi connectivity index (χ0) is 16.4. The Morgan fingerprint density at radius 1 is 1.39 bits per heavy atom. The molecule has 7 heteroatoms. The van der Waals surface area contributed by atoms with Crippen LogP contribution < -0.4 is 10.0 Å². The van der Waals surface area contributed by atoms with Crippen LogP contribution in [0.15, 0.2) is 24.5 Å². The number of hydrogen-bond donors (Lipinski definition) is 2. The van der Waals surface area contributed by atoms with Crippen LogP contribution in [0, 0.1) is 11.8 Å². The van der Waals surface area contributed by atoms with Crippen molar-refractivity contribution in [1.29, 1.82) is 0 Å². The first kappa shape index (κ1) is 16.4. The van der Waals surface area contributed by atoms with Crippen molar-refractivity contribution in [2.24, 2.45) is 11.8 Å². The highest BCUT2D eigenvalue weighted by Gasteiger charge is 2.44. The monoisotopic (exact) mass is 337 g/mol. The van der Waals surface area contributed by atoms with Crippen LogP contribution in [0.2, 0.25) is 0 Å². The summed E-state index contributed by atoms with van der Waals surface area (Å²) in [7, 11) is -3.20. The minimum absolute atomic E-state index is 0.0296. The standard InChI is InChI=1S/C16H23N3O3S/c1-23(21,22)19-15-6-2-4-12(15)10-18-16(20)14-8-13(14)11-5-3-7-17-9-11/h3,5,7,9,12-15,19H,2,4,6,8,10H2,1H3,(H,18,20)/t12-,13+,14-,15+/m1/s1. The summed E-state index contributed by atoms with van der Waals surface area (Å²) in [4.78, 5) is 16.4. The molecule has 2 fully saturated rings. The van der Waals surface area contributed by atoms with Gasteiger partial charge in [-0.15, -0.1) is 0 Å². The maximum absolute atomic E-state index is 12.3. The van der Waals surface area contributed by atoms with Crippen LogP contribution in [0.4, 0.5) is 0 Å². The summed E-state index contributed by atoms with van der Waals surface area (Å²) in [5, 5.41) is 3.01. The largest absolute Gasteiger partial charge is 0.356 e. The van der Waals surface area contributed by atoms with E-state index in [4.69, 9.17) is 0 Å². The molecule has 3 rings (SSSR count). The molecule has 126 valence electrons.